The number of aliphatic hydroxyl groups excluding tert-OH is 3. The van der Waals surface area contributed by atoms with Crippen molar-refractivity contribution in [1.82, 2.24) is 0 Å². The molecule has 4 bridgehead atoms. The van der Waals surface area contributed by atoms with E-state index in [0.29, 0.717) is 34.0 Å². The Morgan fingerprint density at radius 2 is 1.69 bits per heavy atom. The van der Waals surface area contributed by atoms with Gasteiger partial charge in [-0.3, -0.25) is 0 Å². The third-order valence-corrected chi connectivity index (χ3v) is 13.7. The molecule has 11 heteroatoms. The summed E-state index contributed by atoms with van der Waals surface area (Å²) in [5.74, 6) is 1.95. The first-order chi connectivity index (χ1) is 23.4. The fourth-order valence-corrected chi connectivity index (χ4v) is 11.7. The number of phenolic OH excluding ortho intramolecular Hbond substituents is 2. The van der Waals surface area contributed by atoms with Gasteiger partial charge in [-0.1, -0.05) is 40.5 Å². The highest BCUT2D eigenvalue weighted by atomic mass is 33.1. The third kappa shape index (κ3) is 5.95. The minimum Gasteiger partial charge on any atom is -0.508 e. The Balaban J connectivity index is 1.46. The van der Waals surface area contributed by atoms with Gasteiger partial charge >= 0.3 is 0 Å². The maximum atomic E-state index is 12.3. The standard InChI is InChI=1S/C37H44O9S2/c1-43-30-13-20(14-31(44-2)36(30)42)37-35(41)27-18-47-48-22-5-3-4-19(12-22)6-8-23-25-15-21(40)7-9-24(25)32-28(45-11-10-38)16-29(46-37)33(27)34(32)26(23)17-39/h7,9,13-16,19,22-23,26-27,35,37-42H,3-6,8,10-12,17-18H2,1-2H3/t19-,22+,23+,26-,27-,35-,37-/m1/s1. The van der Waals surface area contributed by atoms with Crippen LogP contribution in [0.15, 0.2) is 36.4 Å². The highest BCUT2D eigenvalue weighted by Crippen LogP contribution is 2.60. The lowest BCUT2D eigenvalue weighted by atomic mass is 9.65. The van der Waals surface area contributed by atoms with Gasteiger partial charge in [-0.05, 0) is 78.5 Å². The SMILES string of the molecule is COc1cc([C@H]2Oc3cc(OCCO)c4c5c3[C@@H](CSS[C@H]3CCC[C@H](CC[C@@H](c6cc(O)ccc6-4)[C@H]5CO)C3)[C@H]2O)cc(OC)c1O. The molecule has 1 fully saturated rings. The zero-order valence-electron chi connectivity index (χ0n) is 27.3. The Labute approximate surface area is 289 Å². The summed E-state index contributed by atoms with van der Waals surface area (Å²) in [5, 5.41) is 55.3. The molecule has 48 heavy (non-hydrogen) atoms. The van der Waals surface area contributed by atoms with E-state index in [4.69, 9.17) is 18.9 Å². The van der Waals surface area contributed by atoms with E-state index < -0.39 is 12.2 Å². The molecule has 4 aliphatic rings. The van der Waals surface area contributed by atoms with E-state index in [-0.39, 0.29) is 60.6 Å². The summed E-state index contributed by atoms with van der Waals surface area (Å²) >= 11 is 0. The summed E-state index contributed by atoms with van der Waals surface area (Å²) in [6.07, 6.45) is 4.80. The molecule has 9 nitrogen and oxygen atoms in total. The average Bonchev–Trinajstić information content (AvgIpc) is 3.10. The van der Waals surface area contributed by atoms with Gasteiger partial charge in [-0.2, -0.15) is 0 Å². The average molecular weight is 697 g/mol. The molecule has 3 aromatic carbocycles. The number of aliphatic hydroxyl groups is 3. The minimum atomic E-state index is -0.985. The monoisotopic (exact) mass is 696 g/mol. The van der Waals surface area contributed by atoms with Crippen LogP contribution in [-0.4, -0.2) is 76.7 Å². The maximum absolute atomic E-state index is 12.3. The number of ether oxygens (including phenoxy) is 4. The minimum absolute atomic E-state index is 0.0588. The van der Waals surface area contributed by atoms with Crippen molar-refractivity contribution in [2.24, 2.45) is 5.92 Å². The Kier molecular flexibility index (Phi) is 9.86. The lowest BCUT2D eigenvalue weighted by Crippen LogP contribution is -2.37. The molecule has 0 amide bonds. The number of phenols is 2. The molecule has 5 N–H and O–H groups in total. The second-order valence-electron chi connectivity index (χ2n) is 13.3. The zero-order chi connectivity index (χ0) is 33.5. The van der Waals surface area contributed by atoms with Crippen LogP contribution in [0, 0.1) is 5.92 Å². The fraction of sp³-hybridized carbons (Fsp3) is 0.514. The summed E-state index contributed by atoms with van der Waals surface area (Å²) in [5.41, 5.74) is 5.07. The summed E-state index contributed by atoms with van der Waals surface area (Å²) in [6.45, 7) is -0.256. The van der Waals surface area contributed by atoms with Crippen molar-refractivity contribution < 1.29 is 44.5 Å². The largest absolute Gasteiger partial charge is 0.508 e. The van der Waals surface area contributed by atoms with Crippen molar-refractivity contribution in [3.05, 3.63) is 58.7 Å². The van der Waals surface area contributed by atoms with Gasteiger partial charge < -0.3 is 44.5 Å². The van der Waals surface area contributed by atoms with Crippen molar-refractivity contribution in [2.45, 2.75) is 73.7 Å². The fourth-order valence-electron chi connectivity index (χ4n) is 8.49. The van der Waals surface area contributed by atoms with E-state index in [2.05, 4.69) is 0 Å². The smallest absolute Gasteiger partial charge is 0.200 e. The van der Waals surface area contributed by atoms with Crippen LogP contribution in [0.2, 0.25) is 0 Å². The molecule has 2 aliphatic heterocycles. The van der Waals surface area contributed by atoms with Crippen molar-refractivity contribution >= 4 is 21.6 Å². The molecule has 2 heterocycles. The summed E-state index contributed by atoms with van der Waals surface area (Å²) < 4.78 is 23.9. The summed E-state index contributed by atoms with van der Waals surface area (Å²) in [7, 11) is 6.64. The maximum Gasteiger partial charge on any atom is 0.200 e. The van der Waals surface area contributed by atoms with Crippen LogP contribution < -0.4 is 18.9 Å². The first-order valence-corrected chi connectivity index (χ1v) is 19.2. The molecule has 0 aromatic heterocycles. The van der Waals surface area contributed by atoms with Gasteiger partial charge in [0.25, 0.3) is 0 Å². The first kappa shape index (κ1) is 33.5. The molecule has 2 aliphatic carbocycles. The molecule has 0 radical (unpaired) electrons. The van der Waals surface area contributed by atoms with Gasteiger partial charge in [-0.15, -0.1) is 0 Å². The van der Waals surface area contributed by atoms with E-state index in [1.165, 1.54) is 33.5 Å². The van der Waals surface area contributed by atoms with E-state index in [1.54, 1.807) is 29.0 Å². The first-order valence-electron chi connectivity index (χ1n) is 16.8. The van der Waals surface area contributed by atoms with Crippen LogP contribution in [0.1, 0.15) is 84.6 Å². The van der Waals surface area contributed by atoms with E-state index in [0.717, 1.165) is 47.1 Å². The molecule has 3 aromatic rings. The Morgan fingerprint density at radius 1 is 0.896 bits per heavy atom. The Morgan fingerprint density at radius 3 is 2.42 bits per heavy atom. The van der Waals surface area contributed by atoms with Crippen LogP contribution in [0.25, 0.3) is 11.1 Å². The molecule has 7 atom stereocenters. The lowest BCUT2D eigenvalue weighted by Gasteiger charge is -2.43. The Hall–Kier alpha value is -2.96. The van der Waals surface area contributed by atoms with Crippen LogP contribution in [0.5, 0.6) is 34.5 Å². The molecule has 258 valence electrons. The van der Waals surface area contributed by atoms with Gasteiger partial charge in [0.05, 0.1) is 27.4 Å². The van der Waals surface area contributed by atoms with Gasteiger partial charge in [0.15, 0.2) is 17.6 Å². The summed E-state index contributed by atoms with van der Waals surface area (Å²) in [4.78, 5) is 0. The van der Waals surface area contributed by atoms with Crippen molar-refractivity contribution in [3.63, 3.8) is 0 Å². The van der Waals surface area contributed by atoms with Crippen molar-refractivity contribution in [1.29, 1.82) is 0 Å². The number of hydrogen-bond acceptors (Lipinski definition) is 11. The zero-order valence-corrected chi connectivity index (χ0v) is 28.9. The summed E-state index contributed by atoms with van der Waals surface area (Å²) in [6, 6.07) is 10.6. The molecule has 1 saturated carbocycles. The predicted octanol–water partition coefficient (Wildman–Crippen LogP) is 6.64. The number of methoxy groups -OCH3 is 2. The third-order valence-electron chi connectivity index (χ3n) is 10.7. The molecule has 0 saturated heterocycles. The van der Waals surface area contributed by atoms with Crippen LogP contribution >= 0.6 is 21.6 Å². The molecular formula is C37H44O9S2. The second-order valence-corrected chi connectivity index (χ2v) is 16.0. The van der Waals surface area contributed by atoms with Crippen LogP contribution in [0.4, 0.5) is 0 Å². The number of benzene rings is 3. The van der Waals surface area contributed by atoms with Crippen LogP contribution in [-0.2, 0) is 0 Å². The van der Waals surface area contributed by atoms with Gasteiger partial charge in [0.1, 0.15) is 30.0 Å². The van der Waals surface area contributed by atoms with Crippen molar-refractivity contribution in [2.75, 3.05) is 39.8 Å². The van der Waals surface area contributed by atoms with E-state index in [1.807, 2.05) is 29.0 Å². The highest BCUT2D eigenvalue weighted by Gasteiger charge is 2.46. The quantitative estimate of drug-likeness (QED) is 0.170. The van der Waals surface area contributed by atoms with Crippen molar-refractivity contribution in [3.8, 4) is 45.6 Å². The lowest BCUT2D eigenvalue weighted by molar-refractivity contribution is 0.00384. The molecule has 0 unspecified atom stereocenters. The Bertz CT molecular complexity index is 1620. The van der Waals surface area contributed by atoms with Gasteiger partial charge in [0.2, 0.25) is 5.75 Å². The molecule has 0 spiro atoms. The predicted molar refractivity (Wildman–Crippen MR) is 187 cm³/mol. The highest BCUT2D eigenvalue weighted by molar-refractivity contribution is 8.76. The number of fused-ring (bicyclic) bond motifs is 6. The van der Waals surface area contributed by atoms with E-state index in [9.17, 15) is 25.5 Å². The number of aromatic hydroxyl groups is 2. The second kappa shape index (κ2) is 14.1. The van der Waals surface area contributed by atoms with E-state index >= 15 is 0 Å². The van der Waals surface area contributed by atoms with Gasteiger partial charge in [-0.25, -0.2) is 0 Å². The number of rotatable bonds is 7. The van der Waals surface area contributed by atoms with Gasteiger partial charge in [0, 0.05) is 45.6 Å². The van der Waals surface area contributed by atoms with Crippen LogP contribution in [0.3, 0.4) is 0 Å². The topological polar surface area (TPSA) is 138 Å². The number of hydrogen-bond donors (Lipinski definition) is 5. The molecule has 7 rings (SSSR count). The molecular weight excluding hydrogens is 653 g/mol. The normalized spacial score (nSPS) is 27.7.